The van der Waals surface area contributed by atoms with E-state index < -0.39 is 0 Å². The maximum absolute atomic E-state index is 12.0. The molecule has 5 nitrogen and oxygen atoms in total. The number of rotatable bonds is 4. The molecule has 2 rings (SSSR count). The smallest absolute Gasteiger partial charge is 0.244 e. The van der Waals surface area contributed by atoms with Crippen molar-refractivity contribution in [2.45, 2.75) is 19.8 Å². The van der Waals surface area contributed by atoms with Crippen molar-refractivity contribution in [3.05, 3.63) is 23.2 Å². The van der Waals surface area contributed by atoms with Crippen molar-refractivity contribution in [2.75, 3.05) is 24.1 Å². The fraction of sp³-hybridized carbons (Fsp3) is 0.429. The van der Waals surface area contributed by atoms with Crippen LogP contribution < -0.4 is 11.1 Å². The highest BCUT2D eigenvalue weighted by atomic mass is 35.5. The van der Waals surface area contributed by atoms with Gasteiger partial charge in [-0.25, -0.2) is 0 Å². The molecule has 1 atom stereocenters. The molecule has 1 fully saturated rings. The van der Waals surface area contributed by atoms with E-state index in [0.717, 1.165) is 6.42 Å². The Balaban J connectivity index is 1.96. The number of anilines is 2. The molecule has 1 aromatic carbocycles. The van der Waals surface area contributed by atoms with Gasteiger partial charge in [0.2, 0.25) is 11.8 Å². The van der Waals surface area contributed by atoms with Crippen LogP contribution in [0.5, 0.6) is 0 Å². The number of nitrogen functional groups attached to an aromatic ring is 1. The Morgan fingerprint density at radius 3 is 2.95 bits per heavy atom. The maximum atomic E-state index is 12.0. The highest BCUT2D eigenvalue weighted by Crippen LogP contribution is 2.24. The molecule has 2 amide bonds. The van der Waals surface area contributed by atoms with Gasteiger partial charge in [-0.15, -0.1) is 0 Å². The molecule has 20 heavy (non-hydrogen) atoms. The van der Waals surface area contributed by atoms with Gasteiger partial charge < -0.3 is 16.0 Å². The molecule has 1 heterocycles. The monoisotopic (exact) mass is 295 g/mol. The lowest BCUT2D eigenvalue weighted by molar-refractivity contribution is -0.131. The van der Waals surface area contributed by atoms with E-state index in [1.807, 2.05) is 6.92 Å². The fourth-order valence-electron chi connectivity index (χ4n) is 2.28. The van der Waals surface area contributed by atoms with Crippen molar-refractivity contribution in [2.24, 2.45) is 5.92 Å². The van der Waals surface area contributed by atoms with E-state index in [1.165, 1.54) is 0 Å². The van der Waals surface area contributed by atoms with Gasteiger partial charge in [0.1, 0.15) is 0 Å². The molecular formula is C14H18ClN3O2. The van der Waals surface area contributed by atoms with Crippen molar-refractivity contribution >= 4 is 34.8 Å². The van der Waals surface area contributed by atoms with Crippen molar-refractivity contribution in [3.63, 3.8) is 0 Å². The van der Waals surface area contributed by atoms with Gasteiger partial charge in [0, 0.05) is 18.7 Å². The average Bonchev–Trinajstić information content (AvgIpc) is 2.74. The van der Waals surface area contributed by atoms with Crippen LogP contribution in [0.15, 0.2) is 18.2 Å². The molecule has 1 aliphatic heterocycles. The molecule has 3 N–H and O–H groups in total. The van der Waals surface area contributed by atoms with Gasteiger partial charge in [0.25, 0.3) is 0 Å². The van der Waals surface area contributed by atoms with Crippen molar-refractivity contribution in [1.29, 1.82) is 0 Å². The molecule has 1 unspecified atom stereocenters. The first kappa shape index (κ1) is 14.7. The van der Waals surface area contributed by atoms with Gasteiger partial charge in [0.05, 0.1) is 17.3 Å². The van der Waals surface area contributed by atoms with Crippen molar-refractivity contribution < 1.29 is 9.59 Å². The Hall–Kier alpha value is -1.75. The van der Waals surface area contributed by atoms with Gasteiger partial charge >= 0.3 is 0 Å². The lowest BCUT2D eigenvalue weighted by Crippen LogP contribution is -2.34. The van der Waals surface area contributed by atoms with Crippen LogP contribution in [-0.4, -0.2) is 29.8 Å². The third-order valence-corrected chi connectivity index (χ3v) is 3.80. The molecule has 0 bridgehead atoms. The second-order valence-electron chi connectivity index (χ2n) is 5.04. The normalized spacial score (nSPS) is 18.4. The number of hydrogen-bond donors (Lipinski definition) is 2. The zero-order valence-electron chi connectivity index (χ0n) is 11.4. The summed E-state index contributed by atoms with van der Waals surface area (Å²) in [6.07, 6.45) is 1.48. The lowest BCUT2D eigenvalue weighted by atomic mass is 10.1. The number of amides is 2. The predicted molar refractivity (Wildman–Crippen MR) is 79.5 cm³/mol. The van der Waals surface area contributed by atoms with Crippen molar-refractivity contribution in [3.8, 4) is 0 Å². The van der Waals surface area contributed by atoms with Crippen LogP contribution in [0.3, 0.4) is 0 Å². The van der Waals surface area contributed by atoms with E-state index >= 15 is 0 Å². The standard InChI is InChI=1S/C14H18ClN3O2/c1-2-9-5-14(20)18(7-9)8-13(19)17-12-6-10(16)3-4-11(12)15/h3-4,6,9H,2,5,7-8,16H2,1H3,(H,17,19). The first-order valence-electron chi connectivity index (χ1n) is 6.62. The summed E-state index contributed by atoms with van der Waals surface area (Å²) in [5.41, 5.74) is 6.64. The minimum absolute atomic E-state index is 0.0330. The molecular weight excluding hydrogens is 278 g/mol. The summed E-state index contributed by atoms with van der Waals surface area (Å²) in [5.74, 6) is 0.125. The molecule has 0 spiro atoms. The van der Waals surface area contributed by atoms with E-state index in [9.17, 15) is 9.59 Å². The topological polar surface area (TPSA) is 75.4 Å². The Morgan fingerprint density at radius 1 is 1.55 bits per heavy atom. The minimum atomic E-state index is -0.261. The third kappa shape index (κ3) is 3.42. The highest BCUT2D eigenvalue weighted by Gasteiger charge is 2.29. The number of hydrogen-bond acceptors (Lipinski definition) is 3. The number of benzene rings is 1. The largest absolute Gasteiger partial charge is 0.399 e. The summed E-state index contributed by atoms with van der Waals surface area (Å²) in [5, 5.41) is 3.11. The Kier molecular flexibility index (Phi) is 4.49. The SMILES string of the molecule is CCC1CC(=O)N(CC(=O)Nc2cc(N)ccc2Cl)C1. The molecule has 1 saturated heterocycles. The van der Waals surface area contributed by atoms with Gasteiger partial charge in [-0.1, -0.05) is 24.9 Å². The first-order valence-corrected chi connectivity index (χ1v) is 7.00. The number of carbonyl (C=O) groups excluding carboxylic acids is 2. The zero-order valence-corrected chi connectivity index (χ0v) is 12.1. The number of likely N-dealkylation sites (tertiary alicyclic amines) is 1. The molecule has 108 valence electrons. The lowest BCUT2D eigenvalue weighted by Gasteiger charge is -2.16. The number of halogens is 1. The molecule has 0 aromatic heterocycles. The van der Waals surface area contributed by atoms with E-state index in [0.29, 0.717) is 35.3 Å². The zero-order chi connectivity index (χ0) is 14.7. The summed E-state index contributed by atoms with van der Waals surface area (Å²) in [7, 11) is 0. The summed E-state index contributed by atoms with van der Waals surface area (Å²) >= 11 is 5.98. The minimum Gasteiger partial charge on any atom is -0.399 e. The highest BCUT2D eigenvalue weighted by molar-refractivity contribution is 6.33. The molecule has 1 aliphatic rings. The van der Waals surface area contributed by atoms with E-state index in [2.05, 4.69) is 5.32 Å². The summed E-state index contributed by atoms with van der Waals surface area (Å²) < 4.78 is 0. The van der Waals surface area contributed by atoms with Crippen LogP contribution in [0.2, 0.25) is 5.02 Å². The van der Waals surface area contributed by atoms with Crippen LogP contribution in [0.4, 0.5) is 11.4 Å². The van der Waals surface area contributed by atoms with E-state index in [-0.39, 0.29) is 18.4 Å². The molecule has 0 saturated carbocycles. The second kappa shape index (κ2) is 6.13. The van der Waals surface area contributed by atoms with Crippen LogP contribution in [0, 0.1) is 5.92 Å². The van der Waals surface area contributed by atoms with Crippen LogP contribution in [0.25, 0.3) is 0 Å². The molecule has 6 heteroatoms. The first-order chi connectivity index (χ1) is 9.49. The molecule has 0 radical (unpaired) electrons. The van der Waals surface area contributed by atoms with E-state index in [1.54, 1.807) is 23.1 Å². The van der Waals surface area contributed by atoms with Gasteiger partial charge in [-0.05, 0) is 24.1 Å². The number of nitrogens with two attached hydrogens (primary N) is 1. The van der Waals surface area contributed by atoms with Gasteiger partial charge in [0.15, 0.2) is 0 Å². The molecule has 0 aliphatic carbocycles. The maximum Gasteiger partial charge on any atom is 0.244 e. The average molecular weight is 296 g/mol. The number of carbonyl (C=O) groups is 2. The number of nitrogens with zero attached hydrogens (tertiary/aromatic N) is 1. The Morgan fingerprint density at radius 2 is 2.30 bits per heavy atom. The Bertz CT molecular complexity index is 533. The van der Waals surface area contributed by atoms with E-state index in [4.69, 9.17) is 17.3 Å². The summed E-state index contributed by atoms with van der Waals surface area (Å²) in [6, 6.07) is 4.88. The van der Waals surface area contributed by atoms with Crippen molar-refractivity contribution in [1.82, 2.24) is 4.90 Å². The third-order valence-electron chi connectivity index (χ3n) is 3.47. The van der Waals surface area contributed by atoms with Crippen LogP contribution in [-0.2, 0) is 9.59 Å². The van der Waals surface area contributed by atoms with Crippen LogP contribution in [0.1, 0.15) is 19.8 Å². The fourth-order valence-corrected chi connectivity index (χ4v) is 2.45. The second-order valence-corrected chi connectivity index (χ2v) is 5.45. The number of nitrogens with one attached hydrogen (secondary N) is 1. The van der Waals surface area contributed by atoms with Gasteiger partial charge in [-0.2, -0.15) is 0 Å². The Labute approximate surface area is 123 Å². The predicted octanol–water partition coefficient (Wildman–Crippen LogP) is 2.12. The van der Waals surface area contributed by atoms with Crippen LogP contribution >= 0.6 is 11.6 Å². The summed E-state index contributed by atoms with van der Waals surface area (Å²) in [6.45, 7) is 2.75. The summed E-state index contributed by atoms with van der Waals surface area (Å²) in [4.78, 5) is 25.3. The molecule has 1 aromatic rings. The quantitative estimate of drug-likeness (QED) is 0.836. The van der Waals surface area contributed by atoms with Gasteiger partial charge in [-0.3, -0.25) is 9.59 Å².